The number of hydrogen-bond acceptors (Lipinski definition) is 9. The van der Waals surface area contributed by atoms with Crippen LogP contribution in [0.25, 0.3) is 0 Å². The Labute approximate surface area is 237 Å². The molecule has 0 aliphatic rings. The number of benzene rings is 2. The number of hydrogen-bond donors (Lipinski definition) is 3. The molecule has 3 aromatic rings. The minimum atomic E-state index is -4.16. The number of aromatic nitrogens is 2. The van der Waals surface area contributed by atoms with Gasteiger partial charge in [0.1, 0.15) is 12.4 Å². The molecule has 2 atom stereocenters. The van der Waals surface area contributed by atoms with E-state index in [1.54, 1.807) is 19.1 Å². The number of aryl methyl sites for hydroxylation is 1. The number of amides is 1. The maximum Gasteiger partial charge on any atom is 0.349 e. The molecule has 1 aromatic heterocycles. The third-order valence-corrected chi connectivity index (χ3v) is 8.13. The fraction of sp³-hybridized carbons (Fsp3) is 0.370. The Balaban J connectivity index is 1.87. The maximum atomic E-state index is 13.5. The molecule has 0 fully saturated rings. The minimum absolute atomic E-state index is 0.0498. The molecule has 2 aromatic carbocycles. The molecule has 1 heterocycles. The first kappa shape index (κ1) is 31.4. The molecular weight excluding hydrogens is 552 g/mol. The smallest absolute Gasteiger partial charge is 0.349 e. The van der Waals surface area contributed by atoms with Crippen molar-refractivity contribution in [3.05, 3.63) is 92.5 Å². The second-order valence-corrected chi connectivity index (χ2v) is 12.1. The van der Waals surface area contributed by atoms with Gasteiger partial charge >= 0.3 is 5.69 Å². The molecular formula is C27H34N6O7S. The highest BCUT2D eigenvalue weighted by molar-refractivity contribution is 7.89. The number of nitrogens with one attached hydrogen (secondary N) is 1. The molecule has 0 spiro atoms. The van der Waals surface area contributed by atoms with Gasteiger partial charge in [-0.05, 0) is 37.0 Å². The molecule has 220 valence electrons. The van der Waals surface area contributed by atoms with Crippen molar-refractivity contribution in [1.29, 1.82) is 0 Å². The fourth-order valence-electron chi connectivity index (χ4n) is 4.19. The molecule has 14 heteroatoms. The van der Waals surface area contributed by atoms with Crippen LogP contribution < -0.4 is 16.7 Å². The lowest BCUT2D eigenvalue weighted by atomic mass is 10.0. The van der Waals surface area contributed by atoms with Crippen LogP contribution in [0.3, 0.4) is 0 Å². The van der Waals surface area contributed by atoms with E-state index in [4.69, 9.17) is 5.73 Å². The van der Waals surface area contributed by atoms with Gasteiger partial charge in [-0.25, -0.2) is 13.2 Å². The lowest BCUT2D eigenvalue weighted by Gasteiger charge is -2.30. The largest absolute Gasteiger partial charge is 0.390 e. The third kappa shape index (κ3) is 8.42. The highest BCUT2D eigenvalue weighted by Crippen LogP contribution is 2.22. The highest BCUT2D eigenvalue weighted by atomic mass is 32.2. The van der Waals surface area contributed by atoms with E-state index < -0.39 is 38.7 Å². The van der Waals surface area contributed by atoms with Crippen LogP contribution in [0, 0.1) is 23.0 Å². The average molecular weight is 587 g/mol. The van der Waals surface area contributed by atoms with Crippen molar-refractivity contribution in [2.75, 3.05) is 18.8 Å². The second-order valence-electron chi connectivity index (χ2n) is 10.1. The number of rotatable bonds is 13. The Morgan fingerprint density at radius 2 is 1.78 bits per heavy atom. The summed E-state index contributed by atoms with van der Waals surface area (Å²) in [6, 6.07) is 12.6. The lowest BCUT2D eigenvalue weighted by molar-refractivity contribution is -0.384. The van der Waals surface area contributed by atoms with E-state index in [0.29, 0.717) is 5.56 Å². The Hall–Kier alpha value is -4.14. The number of carbonyl (C=O) groups excluding carboxylic acids is 1. The van der Waals surface area contributed by atoms with Crippen LogP contribution in [0.4, 0.5) is 11.5 Å². The number of anilines is 1. The number of aliphatic hydroxyl groups is 1. The fourth-order valence-corrected chi connectivity index (χ4v) is 5.81. The van der Waals surface area contributed by atoms with Crippen molar-refractivity contribution in [1.82, 2.24) is 19.2 Å². The molecule has 3 rings (SSSR count). The summed E-state index contributed by atoms with van der Waals surface area (Å²) >= 11 is 0. The van der Waals surface area contributed by atoms with E-state index in [0.717, 1.165) is 38.7 Å². The van der Waals surface area contributed by atoms with Crippen molar-refractivity contribution < 1.29 is 23.2 Å². The topological polar surface area (TPSA) is 191 Å². The number of sulfonamides is 1. The molecule has 4 N–H and O–H groups in total. The van der Waals surface area contributed by atoms with E-state index in [9.17, 15) is 33.2 Å². The van der Waals surface area contributed by atoms with Crippen LogP contribution in [0.15, 0.2) is 70.5 Å². The summed E-state index contributed by atoms with van der Waals surface area (Å²) in [6.07, 6.45) is 0.233. The number of carbonyl (C=O) groups is 1. The standard InChI is InChI=1S/C27H34N6O7S/c1-18(2)14-32(41(39,40)22-11-9-21(10-12-22)33(37)38)16-24(34)23(13-20-7-5-4-6-8-20)29-25(35)17-31-15-19(3)26(28)30-27(31)36/h4-12,15,18,23-24,34H,13-14,16-17H2,1-3H3,(H,29,35)(H2,28,30,36)/t23-,24+/m0/s1. The Morgan fingerprint density at radius 1 is 1.15 bits per heavy atom. The van der Waals surface area contributed by atoms with E-state index in [1.807, 2.05) is 32.0 Å². The molecule has 0 saturated carbocycles. The monoisotopic (exact) mass is 586 g/mol. The molecule has 0 saturated heterocycles. The van der Waals surface area contributed by atoms with E-state index >= 15 is 0 Å². The van der Waals surface area contributed by atoms with Crippen molar-refractivity contribution in [2.45, 2.75) is 50.8 Å². The minimum Gasteiger partial charge on any atom is -0.390 e. The number of nitrogens with zero attached hydrogens (tertiary/aromatic N) is 4. The Bertz CT molecular complexity index is 1530. The molecule has 1 amide bonds. The summed E-state index contributed by atoms with van der Waals surface area (Å²) in [6.45, 7) is 4.57. The number of non-ortho nitro benzene ring substituents is 1. The summed E-state index contributed by atoms with van der Waals surface area (Å²) in [5.41, 5.74) is 6.00. The van der Waals surface area contributed by atoms with Gasteiger partial charge in [-0.1, -0.05) is 44.2 Å². The van der Waals surface area contributed by atoms with Crippen LogP contribution in [0.5, 0.6) is 0 Å². The zero-order valence-electron chi connectivity index (χ0n) is 23.0. The zero-order valence-corrected chi connectivity index (χ0v) is 23.8. The highest BCUT2D eigenvalue weighted by Gasteiger charge is 2.31. The number of nitrogen functional groups attached to an aromatic ring is 1. The SMILES string of the molecule is Cc1cn(CC(=O)N[C@@H](Cc2ccccc2)[C@H](O)CN(CC(C)C)S(=O)(=O)c2ccc([N+](=O)[O-])cc2)c(=O)nc1N. The molecule has 41 heavy (non-hydrogen) atoms. The molecule has 13 nitrogen and oxygen atoms in total. The second kappa shape index (κ2) is 13.5. The van der Waals surface area contributed by atoms with Crippen LogP contribution in [0.2, 0.25) is 0 Å². The number of nitrogens with two attached hydrogens (primary N) is 1. The first-order valence-corrected chi connectivity index (χ1v) is 14.3. The molecule has 0 unspecified atom stereocenters. The summed E-state index contributed by atoms with van der Waals surface area (Å²) in [4.78, 5) is 39.1. The van der Waals surface area contributed by atoms with Gasteiger partial charge in [0.25, 0.3) is 5.69 Å². The third-order valence-electron chi connectivity index (χ3n) is 6.28. The summed E-state index contributed by atoms with van der Waals surface area (Å²) in [7, 11) is -4.16. The van der Waals surface area contributed by atoms with Gasteiger partial charge in [-0.2, -0.15) is 9.29 Å². The molecule has 0 aliphatic heterocycles. The van der Waals surface area contributed by atoms with Gasteiger partial charge in [0.15, 0.2) is 0 Å². The van der Waals surface area contributed by atoms with Crippen molar-refractivity contribution >= 4 is 27.4 Å². The normalized spacial score (nSPS) is 13.2. The van der Waals surface area contributed by atoms with Crippen LogP contribution in [-0.2, 0) is 27.8 Å². The van der Waals surface area contributed by atoms with E-state index in [-0.39, 0.29) is 48.4 Å². The summed E-state index contributed by atoms with van der Waals surface area (Å²) < 4.78 is 29.3. The number of nitro benzene ring substituents is 1. The Kier molecular flexibility index (Phi) is 10.3. The Morgan fingerprint density at radius 3 is 2.37 bits per heavy atom. The number of nitro groups is 1. The predicted molar refractivity (Wildman–Crippen MR) is 152 cm³/mol. The van der Waals surface area contributed by atoms with E-state index in [1.165, 1.54) is 6.20 Å². The quantitative estimate of drug-likeness (QED) is 0.197. The first-order chi connectivity index (χ1) is 19.3. The van der Waals surface area contributed by atoms with Gasteiger partial charge in [0, 0.05) is 37.0 Å². The van der Waals surface area contributed by atoms with Crippen LogP contribution >= 0.6 is 0 Å². The maximum absolute atomic E-state index is 13.5. The number of aliphatic hydroxyl groups excluding tert-OH is 1. The molecule has 0 aliphatic carbocycles. The van der Waals surface area contributed by atoms with Crippen LogP contribution in [-0.4, -0.2) is 63.4 Å². The average Bonchev–Trinajstić information content (AvgIpc) is 2.91. The van der Waals surface area contributed by atoms with Gasteiger partial charge in [-0.3, -0.25) is 19.5 Å². The summed E-state index contributed by atoms with van der Waals surface area (Å²) in [5, 5.41) is 25.1. The van der Waals surface area contributed by atoms with Crippen LogP contribution in [0.1, 0.15) is 25.0 Å². The van der Waals surface area contributed by atoms with Crippen molar-refractivity contribution in [3.63, 3.8) is 0 Å². The zero-order chi connectivity index (χ0) is 30.3. The first-order valence-electron chi connectivity index (χ1n) is 12.9. The molecule has 0 radical (unpaired) electrons. The van der Waals surface area contributed by atoms with Crippen molar-refractivity contribution in [3.8, 4) is 0 Å². The lowest BCUT2D eigenvalue weighted by Crippen LogP contribution is -2.52. The molecule has 0 bridgehead atoms. The summed E-state index contributed by atoms with van der Waals surface area (Å²) in [5.74, 6) is -0.652. The van der Waals surface area contributed by atoms with E-state index in [2.05, 4.69) is 10.3 Å². The van der Waals surface area contributed by atoms with Gasteiger partial charge < -0.3 is 16.2 Å². The van der Waals surface area contributed by atoms with Gasteiger partial charge in [0.05, 0.1) is 22.0 Å². The predicted octanol–water partition coefficient (Wildman–Crippen LogP) is 1.48. The van der Waals surface area contributed by atoms with Gasteiger partial charge in [-0.15, -0.1) is 0 Å². The van der Waals surface area contributed by atoms with Crippen molar-refractivity contribution in [2.24, 2.45) is 5.92 Å². The van der Waals surface area contributed by atoms with Gasteiger partial charge in [0.2, 0.25) is 15.9 Å².